The highest BCUT2D eigenvalue weighted by atomic mass is 32.2. The van der Waals surface area contributed by atoms with Crippen LogP contribution in [0.4, 0.5) is 13.2 Å². The van der Waals surface area contributed by atoms with Gasteiger partial charge in [0, 0.05) is 26.1 Å². The molecule has 11 heteroatoms. The fourth-order valence-electron chi connectivity index (χ4n) is 3.55. The third-order valence-corrected chi connectivity index (χ3v) is 7.28. The summed E-state index contributed by atoms with van der Waals surface area (Å²) in [5.74, 6) is -4.85. The average Bonchev–Trinajstić information content (AvgIpc) is 2.79. The molecule has 1 fully saturated rings. The van der Waals surface area contributed by atoms with E-state index in [0.717, 1.165) is 22.5 Å². The van der Waals surface area contributed by atoms with E-state index in [1.165, 1.54) is 31.3 Å². The lowest BCUT2D eigenvalue weighted by atomic mass is 9.96. The summed E-state index contributed by atoms with van der Waals surface area (Å²) in [4.78, 5) is 24.6. The predicted molar refractivity (Wildman–Crippen MR) is 109 cm³/mol. The zero-order valence-electron chi connectivity index (χ0n) is 17.1. The number of sulfonamides is 1. The van der Waals surface area contributed by atoms with Gasteiger partial charge in [-0.05, 0) is 42.7 Å². The van der Waals surface area contributed by atoms with Crippen molar-refractivity contribution in [2.24, 2.45) is 5.92 Å². The molecule has 3 rings (SSSR count). The van der Waals surface area contributed by atoms with Crippen LogP contribution in [0.5, 0.6) is 0 Å². The molecule has 32 heavy (non-hydrogen) atoms. The third-order valence-electron chi connectivity index (χ3n) is 5.35. The molecule has 0 spiro atoms. The SMILES string of the molecule is CNC(=O)C(NC(=O)C1CCN(S(=O)(=O)c2ccccc2F)CC1)c1ccc(F)c(F)c1. The number of carbonyl (C=O) groups excluding carboxylic acids is 2. The summed E-state index contributed by atoms with van der Waals surface area (Å²) in [6.45, 7) is -0.0187. The number of piperidine rings is 1. The van der Waals surface area contributed by atoms with Crippen LogP contribution in [-0.4, -0.2) is 44.7 Å². The van der Waals surface area contributed by atoms with Gasteiger partial charge in [-0.1, -0.05) is 18.2 Å². The van der Waals surface area contributed by atoms with Gasteiger partial charge in [-0.25, -0.2) is 21.6 Å². The number of rotatable bonds is 6. The van der Waals surface area contributed by atoms with Gasteiger partial charge in [0.1, 0.15) is 16.8 Å². The zero-order chi connectivity index (χ0) is 23.5. The standard InChI is InChI=1S/C21H22F3N3O4S/c1-25-21(29)19(14-6-7-15(22)17(24)12-14)26-20(28)13-8-10-27(11-9-13)32(30,31)18-5-3-2-4-16(18)23/h2-7,12-13,19H,8-11H2,1H3,(H,25,29)(H,26,28). The number of amides is 2. The molecule has 2 aromatic carbocycles. The van der Waals surface area contributed by atoms with Gasteiger partial charge in [-0.3, -0.25) is 9.59 Å². The van der Waals surface area contributed by atoms with Crippen LogP contribution in [0.25, 0.3) is 0 Å². The summed E-state index contributed by atoms with van der Waals surface area (Å²) in [5, 5.41) is 4.89. The van der Waals surface area contributed by atoms with Crippen molar-refractivity contribution in [1.29, 1.82) is 0 Å². The maximum atomic E-state index is 14.0. The Balaban J connectivity index is 1.69. The predicted octanol–water partition coefficient (Wildman–Crippen LogP) is 2.11. The minimum atomic E-state index is -4.05. The van der Waals surface area contributed by atoms with E-state index in [1.54, 1.807) is 0 Å². The van der Waals surface area contributed by atoms with Crippen LogP contribution in [0.3, 0.4) is 0 Å². The highest BCUT2D eigenvalue weighted by Crippen LogP contribution is 2.26. The molecule has 0 radical (unpaired) electrons. The summed E-state index contributed by atoms with van der Waals surface area (Å²) < 4.78 is 67.3. The first kappa shape index (κ1) is 23.7. The number of halogens is 3. The smallest absolute Gasteiger partial charge is 0.246 e. The van der Waals surface area contributed by atoms with E-state index in [9.17, 15) is 31.2 Å². The Morgan fingerprint density at radius 2 is 1.66 bits per heavy atom. The Bertz CT molecular complexity index is 1120. The second-order valence-corrected chi connectivity index (χ2v) is 9.24. The lowest BCUT2D eigenvalue weighted by Crippen LogP contribution is -2.46. The lowest BCUT2D eigenvalue weighted by Gasteiger charge is -2.31. The summed E-state index contributed by atoms with van der Waals surface area (Å²) in [5.41, 5.74) is 0.0659. The Labute approximate surface area is 183 Å². The topological polar surface area (TPSA) is 95.6 Å². The maximum Gasteiger partial charge on any atom is 0.246 e. The normalized spacial score (nSPS) is 16.4. The third kappa shape index (κ3) is 4.94. The lowest BCUT2D eigenvalue weighted by molar-refractivity contribution is -0.131. The summed E-state index contributed by atoms with van der Waals surface area (Å²) in [7, 11) is -2.71. The fourth-order valence-corrected chi connectivity index (χ4v) is 5.08. The van der Waals surface area contributed by atoms with Gasteiger partial charge in [-0.15, -0.1) is 0 Å². The van der Waals surface area contributed by atoms with Gasteiger partial charge in [0.05, 0.1) is 0 Å². The molecule has 7 nitrogen and oxygen atoms in total. The first-order chi connectivity index (χ1) is 15.1. The number of benzene rings is 2. The Kier molecular flexibility index (Phi) is 7.19. The molecule has 0 saturated carbocycles. The van der Waals surface area contributed by atoms with Crippen LogP contribution in [0.1, 0.15) is 24.4 Å². The summed E-state index contributed by atoms with van der Waals surface area (Å²) in [6.07, 6.45) is 0.301. The molecule has 1 aliphatic heterocycles. The number of nitrogens with one attached hydrogen (secondary N) is 2. The van der Waals surface area contributed by atoms with Crippen LogP contribution >= 0.6 is 0 Å². The van der Waals surface area contributed by atoms with Crippen molar-refractivity contribution in [3.8, 4) is 0 Å². The van der Waals surface area contributed by atoms with Gasteiger partial charge in [0.15, 0.2) is 11.6 Å². The van der Waals surface area contributed by atoms with Crippen molar-refractivity contribution >= 4 is 21.8 Å². The molecular formula is C21H22F3N3O4S. The van der Waals surface area contributed by atoms with Crippen molar-refractivity contribution < 1.29 is 31.2 Å². The highest BCUT2D eigenvalue weighted by Gasteiger charge is 2.34. The Morgan fingerprint density at radius 3 is 2.25 bits per heavy atom. The van der Waals surface area contributed by atoms with Crippen molar-refractivity contribution in [1.82, 2.24) is 14.9 Å². The maximum absolute atomic E-state index is 14.0. The van der Waals surface area contributed by atoms with Crippen molar-refractivity contribution in [3.63, 3.8) is 0 Å². The second kappa shape index (κ2) is 9.70. The van der Waals surface area contributed by atoms with Gasteiger partial charge >= 0.3 is 0 Å². The minimum absolute atomic E-state index is 0.00935. The van der Waals surface area contributed by atoms with E-state index in [-0.39, 0.29) is 31.5 Å². The van der Waals surface area contributed by atoms with Crippen LogP contribution in [-0.2, 0) is 19.6 Å². The number of hydrogen-bond acceptors (Lipinski definition) is 4. The number of carbonyl (C=O) groups is 2. The van der Waals surface area contributed by atoms with E-state index in [2.05, 4.69) is 10.6 Å². The van der Waals surface area contributed by atoms with Crippen molar-refractivity contribution in [3.05, 3.63) is 65.5 Å². The van der Waals surface area contributed by atoms with Crippen LogP contribution in [0.15, 0.2) is 47.4 Å². The van der Waals surface area contributed by atoms with Gasteiger partial charge in [-0.2, -0.15) is 4.31 Å². The Morgan fingerprint density at radius 1 is 1.00 bits per heavy atom. The van der Waals surface area contributed by atoms with E-state index >= 15 is 0 Å². The van der Waals surface area contributed by atoms with Crippen molar-refractivity contribution in [2.45, 2.75) is 23.8 Å². The number of hydrogen-bond donors (Lipinski definition) is 2. The first-order valence-corrected chi connectivity index (χ1v) is 11.3. The molecule has 1 atom stereocenters. The molecule has 0 aliphatic carbocycles. The number of nitrogens with zero attached hydrogens (tertiary/aromatic N) is 1. The molecule has 0 aromatic heterocycles. The molecule has 1 saturated heterocycles. The monoisotopic (exact) mass is 469 g/mol. The summed E-state index contributed by atoms with van der Waals surface area (Å²) >= 11 is 0. The molecule has 0 bridgehead atoms. The average molecular weight is 469 g/mol. The molecule has 2 amide bonds. The second-order valence-electron chi connectivity index (χ2n) is 7.34. The Hall–Kier alpha value is -2.92. The zero-order valence-corrected chi connectivity index (χ0v) is 18.0. The fraction of sp³-hybridized carbons (Fsp3) is 0.333. The van der Waals surface area contributed by atoms with E-state index in [0.29, 0.717) is 0 Å². The van der Waals surface area contributed by atoms with Gasteiger partial charge in [0.2, 0.25) is 21.8 Å². The molecule has 1 aliphatic rings. The highest BCUT2D eigenvalue weighted by molar-refractivity contribution is 7.89. The van der Waals surface area contributed by atoms with Gasteiger partial charge in [0.25, 0.3) is 0 Å². The van der Waals surface area contributed by atoms with Crippen LogP contribution in [0.2, 0.25) is 0 Å². The number of likely N-dealkylation sites (N-methyl/N-ethyl adjacent to an activating group) is 1. The van der Waals surface area contributed by atoms with E-state index in [4.69, 9.17) is 0 Å². The van der Waals surface area contributed by atoms with Gasteiger partial charge < -0.3 is 10.6 Å². The van der Waals surface area contributed by atoms with Crippen LogP contribution < -0.4 is 10.6 Å². The first-order valence-electron chi connectivity index (χ1n) is 9.86. The minimum Gasteiger partial charge on any atom is -0.357 e. The van der Waals surface area contributed by atoms with E-state index in [1.807, 2.05) is 0 Å². The van der Waals surface area contributed by atoms with Crippen molar-refractivity contribution in [2.75, 3.05) is 20.1 Å². The molecular weight excluding hydrogens is 447 g/mol. The molecule has 2 aromatic rings. The largest absolute Gasteiger partial charge is 0.357 e. The molecule has 1 unspecified atom stereocenters. The quantitative estimate of drug-likeness (QED) is 0.678. The molecule has 1 heterocycles. The van der Waals surface area contributed by atoms with E-state index < -0.39 is 56.1 Å². The van der Waals surface area contributed by atoms with Crippen LogP contribution in [0, 0.1) is 23.4 Å². The molecule has 172 valence electrons. The summed E-state index contributed by atoms with van der Waals surface area (Å²) in [6, 6.07) is 6.69. The molecule has 2 N–H and O–H groups in total.